The Kier molecular flexibility index (Phi) is 7.20. The van der Waals surface area contributed by atoms with Crippen molar-refractivity contribution in [1.82, 2.24) is 4.90 Å². The molecular weight excluding hydrogens is 406 g/mol. The van der Waals surface area contributed by atoms with Gasteiger partial charge in [-0.2, -0.15) is 0 Å². The van der Waals surface area contributed by atoms with Crippen LogP contribution < -0.4 is 9.47 Å². The van der Waals surface area contributed by atoms with E-state index in [9.17, 15) is 9.90 Å². The molecule has 3 atom stereocenters. The predicted octanol–water partition coefficient (Wildman–Crippen LogP) is 4.64. The summed E-state index contributed by atoms with van der Waals surface area (Å²) in [5, 5.41) is 9.42. The topological polar surface area (TPSA) is 68.2 Å². The van der Waals surface area contributed by atoms with Gasteiger partial charge in [-0.1, -0.05) is 24.6 Å². The molecule has 172 valence electrons. The van der Waals surface area contributed by atoms with Crippen molar-refractivity contribution in [2.75, 3.05) is 20.8 Å². The summed E-state index contributed by atoms with van der Waals surface area (Å²) in [5.41, 5.74) is 2.20. The smallest absolute Gasteiger partial charge is 0.306 e. The fourth-order valence-electron chi connectivity index (χ4n) is 5.11. The molecule has 32 heavy (non-hydrogen) atoms. The fourth-order valence-corrected chi connectivity index (χ4v) is 5.11. The third-order valence-electron chi connectivity index (χ3n) is 6.74. The van der Waals surface area contributed by atoms with E-state index in [-0.39, 0.29) is 23.9 Å². The van der Waals surface area contributed by atoms with Crippen LogP contribution in [-0.4, -0.2) is 48.9 Å². The lowest BCUT2D eigenvalue weighted by Gasteiger charge is -2.47. The number of esters is 1. The van der Waals surface area contributed by atoms with Gasteiger partial charge in [-0.3, -0.25) is 9.69 Å². The van der Waals surface area contributed by atoms with Gasteiger partial charge >= 0.3 is 5.97 Å². The summed E-state index contributed by atoms with van der Waals surface area (Å²) in [6.07, 6.45) is 6.13. The molecule has 0 amide bonds. The maximum absolute atomic E-state index is 12.6. The van der Waals surface area contributed by atoms with Crippen molar-refractivity contribution >= 4 is 5.97 Å². The second kappa shape index (κ2) is 10.3. The van der Waals surface area contributed by atoms with Gasteiger partial charge in [0.05, 0.1) is 14.2 Å². The summed E-state index contributed by atoms with van der Waals surface area (Å²) in [7, 11) is 3.30. The van der Waals surface area contributed by atoms with Gasteiger partial charge in [-0.15, -0.1) is 0 Å². The minimum absolute atomic E-state index is 0.0836. The van der Waals surface area contributed by atoms with Gasteiger partial charge in [0.1, 0.15) is 11.9 Å². The monoisotopic (exact) mass is 439 g/mol. The highest BCUT2D eigenvalue weighted by molar-refractivity contribution is 5.70. The number of phenolic OH excluding ortho intramolecular Hbond substituents is 1. The minimum atomic E-state index is -0.154. The van der Waals surface area contributed by atoms with Crippen LogP contribution in [0.15, 0.2) is 42.5 Å². The molecule has 2 aromatic carbocycles. The molecule has 6 heteroatoms. The first-order valence-corrected chi connectivity index (χ1v) is 11.5. The summed E-state index contributed by atoms with van der Waals surface area (Å²) in [6.45, 7) is 1.07. The van der Waals surface area contributed by atoms with Crippen molar-refractivity contribution in [3.63, 3.8) is 0 Å². The van der Waals surface area contributed by atoms with Gasteiger partial charge in [0.2, 0.25) is 0 Å². The van der Waals surface area contributed by atoms with Gasteiger partial charge in [0, 0.05) is 31.3 Å². The predicted molar refractivity (Wildman–Crippen MR) is 122 cm³/mol. The average molecular weight is 440 g/mol. The zero-order chi connectivity index (χ0) is 22.5. The largest absolute Gasteiger partial charge is 0.508 e. The lowest BCUT2D eigenvalue weighted by atomic mass is 9.84. The highest BCUT2D eigenvalue weighted by Gasteiger charge is 2.39. The lowest BCUT2D eigenvalue weighted by molar-refractivity contribution is -0.154. The van der Waals surface area contributed by atoms with Crippen molar-refractivity contribution in [2.45, 2.75) is 63.1 Å². The number of carbonyl (C=O) groups is 1. The van der Waals surface area contributed by atoms with Crippen LogP contribution in [0.4, 0.5) is 0 Å². The van der Waals surface area contributed by atoms with Gasteiger partial charge in [-0.05, 0) is 61.2 Å². The van der Waals surface area contributed by atoms with Crippen molar-refractivity contribution in [3.8, 4) is 17.2 Å². The number of phenols is 1. The number of methoxy groups -OCH3 is 2. The Morgan fingerprint density at radius 2 is 1.81 bits per heavy atom. The summed E-state index contributed by atoms with van der Waals surface area (Å²) < 4.78 is 16.9. The third kappa shape index (κ3) is 5.18. The van der Waals surface area contributed by atoms with Gasteiger partial charge < -0.3 is 19.3 Å². The highest BCUT2D eigenvalue weighted by Crippen LogP contribution is 2.42. The van der Waals surface area contributed by atoms with E-state index in [0.29, 0.717) is 18.9 Å². The Balaban J connectivity index is 1.44. The lowest BCUT2D eigenvalue weighted by Crippen LogP contribution is -2.49. The number of ether oxygens (including phenoxy) is 3. The molecule has 2 aliphatic heterocycles. The molecule has 6 nitrogen and oxygen atoms in total. The molecule has 0 radical (unpaired) electrons. The zero-order valence-electron chi connectivity index (χ0n) is 19.0. The second-order valence-electron chi connectivity index (χ2n) is 8.77. The van der Waals surface area contributed by atoms with Crippen LogP contribution in [0.2, 0.25) is 0 Å². The molecule has 2 aromatic rings. The molecule has 0 saturated carbocycles. The van der Waals surface area contributed by atoms with Crippen LogP contribution in [0.5, 0.6) is 17.2 Å². The number of fused-ring (bicyclic) bond motifs is 1. The number of piperidine rings is 2. The third-order valence-corrected chi connectivity index (χ3v) is 6.74. The van der Waals surface area contributed by atoms with Crippen LogP contribution in [0.3, 0.4) is 0 Å². The van der Waals surface area contributed by atoms with Crippen LogP contribution in [0, 0.1) is 0 Å². The molecule has 0 spiro atoms. The van der Waals surface area contributed by atoms with Crippen molar-refractivity contribution in [3.05, 3.63) is 53.6 Å². The summed E-state index contributed by atoms with van der Waals surface area (Å²) in [4.78, 5) is 15.2. The number of rotatable bonds is 7. The molecule has 1 N–H and O–H groups in total. The first-order valence-electron chi connectivity index (χ1n) is 11.5. The zero-order valence-corrected chi connectivity index (χ0v) is 19.0. The number of nitrogens with zero attached hydrogens (tertiary/aromatic N) is 1. The van der Waals surface area contributed by atoms with E-state index in [2.05, 4.69) is 17.0 Å². The number of hydrogen-bond donors (Lipinski definition) is 1. The summed E-state index contributed by atoms with van der Waals surface area (Å²) >= 11 is 0. The van der Waals surface area contributed by atoms with Crippen LogP contribution in [-0.2, 0) is 16.0 Å². The molecule has 4 rings (SSSR count). The van der Waals surface area contributed by atoms with Crippen LogP contribution in [0.25, 0.3) is 0 Å². The van der Waals surface area contributed by atoms with Gasteiger partial charge in [-0.25, -0.2) is 0 Å². The fraction of sp³-hybridized carbons (Fsp3) is 0.500. The van der Waals surface area contributed by atoms with Crippen molar-refractivity contribution in [1.29, 1.82) is 0 Å². The van der Waals surface area contributed by atoms with Gasteiger partial charge in [0.25, 0.3) is 0 Å². The average Bonchev–Trinajstić information content (AvgIpc) is 2.82. The van der Waals surface area contributed by atoms with Gasteiger partial charge in [0.15, 0.2) is 11.5 Å². The summed E-state index contributed by atoms with van der Waals surface area (Å²) in [5.74, 6) is 1.53. The minimum Gasteiger partial charge on any atom is -0.508 e. The standard InChI is InChI=1S/C26H33NO5/c1-30-24-12-9-19(15-25(24)31-2)23-17-22(16-20-5-3-4-14-27(20)23)32-26(29)13-8-18-6-10-21(28)11-7-18/h6-7,9-12,15,20,22-23,28H,3-5,8,13-14,16-17H2,1-2H3/t20-,22-,23-/m0/s1. The maximum atomic E-state index is 12.6. The Morgan fingerprint density at radius 3 is 2.56 bits per heavy atom. The van der Waals surface area contributed by atoms with Crippen LogP contribution in [0.1, 0.15) is 55.7 Å². The van der Waals surface area contributed by atoms with E-state index in [1.165, 1.54) is 18.4 Å². The van der Waals surface area contributed by atoms with Crippen molar-refractivity contribution in [2.24, 2.45) is 0 Å². The number of benzene rings is 2. The molecule has 0 unspecified atom stereocenters. The second-order valence-corrected chi connectivity index (χ2v) is 8.77. The van der Waals surface area contributed by atoms with E-state index >= 15 is 0 Å². The van der Waals surface area contributed by atoms with Crippen LogP contribution >= 0.6 is 0 Å². The Hall–Kier alpha value is -2.73. The Morgan fingerprint density at radius 1 is 1.03 bits per heavy atom. The maximum Gasteiger partial charge on any atom is 0.306 e. The number of carbonyl (C=O) groups excluding carboxylic acids is 1. The Labute approximate surface area is 190 Å². The molecule has 2 saturated heterocycles. The number of aryl methyl sites for hydroxylation is 1. The first kappa shape index (κ1) is 22.5. The van der Waals surface area contributed by atoms with E-state index in [0.717, 1.165) is 42.9 Å². The Bertz CT molecular complexity index is 913. The molecule has 2 fully saturated rings. The molecule has 0 aromatic heterocycles. The van der Waals surface area contributed by atoms with E-state index in [4.69, 9.17) is 14.2 Å². The molecule has 2 aliphatic rings. The van der Waals surface area contributed by atoms with E-state index in [1.807, 2.05) is 18.2 Å². The first-order chi connectivity index (χ1) is 15.6. The molecule has 0 aliphatic carbocycles. The SMILES string of the molecule is COc1ccc([C@@H]2C[C@@H](OC(=O)CCc3ccc(O)cc3)C[C@@H]3CCCCN32)cc1OC. The summed E-state index contributed by atoms with van der Waals surface area (Å²) in [6, 6.07) is 13.7. The van der Waals surface area contributed by atoms with Crippen molar-refractivity contribution < 1.29 is 24.1 Å². The quantitative estimate of drug-likeness (QED) is 0.634. The number of aromatic hydroxyl groups is 1. The van der Waals surface area contributed by atoms with E-state index in [1.54, 1.807) is 26.4 Å². The molecule has 2 heterocycles. The molecular formula is C26H33NO5. The number of hydrogen-bond acceptors (Lipinski definition) is 6. The molecule has 0 bridgehead atoms. The highest BCUT2D eigenvalue weighted by atomic mass is 16.5. The normalized spacial score (nSPS) is 23.2. The van der Waals surface area contributed by atoms with E-state index < -0.39 is 0 Å².